The van der Waals surface area contributed by atoms with Crippen molar-refractivity contribution >= 4 is 33.0 Å². The number of sulfone groups is 1. The van der Waals surface area contributed by atoms with Crippen molar-refractivity contribution in [2.24, 2.45) is 0 Å². The molecule has 1 heterocycles. The zero-order valence-corrected chi connectivity index (χ0v) is 11.9. The number of rotatable bonds is 4. The minimum Gasteiger partial charge on any atom is -0.478 e. The largest absolute Gasteiger partial charge is 0.478 e. The van der Waals surface area contributed by atoms with Crippen molar-refractivity contribution in [1.29, 1.82) is 0 Å². The van der Waals surface area contributed by atoms with Crippen LogP contribution in [-0.4, -0.2) is 32.1 Å². The molecule has 0 bridgehead atoms. The molecule has 0 unspecified atom stereocenters. The van der Waals surface area contributed by atoms with Crippen molar-refractivity contribution in [1.82, 2.24) is 0 Å². The van der Waals surface area contributed by atoms with Gasteiger partial charge in [-0.25, -0.2) is 8.42 Å². The van der Waals surface area contributed by atoms with E-state index in [1.54, 1.807) is 13.0 Å². The first kappa shape index (κ1) is 14.1. The number of hydrogen-bond acceptors (Lipinski definition) is 4. The van der Waals surface area contributed by atoms with Crippen molar-refractivity contribution in [2.45, 2.75) is 24.3 Å². The van der Waals surface area contributed by atoms with Crippen LogP contribution in [0.4, 0.5) is 5.69 Å². The molecule has 1 atom stereocenters. The van der Waals surface area contributed by atoms with Gasteiger partial charge in [0.2, 0.25) is 0 Å². The standard InChI is InChI=1S/C12H14ClNO4S/c1-2-19(16,17)8-3-4-10-9(7-8)14-12(15)11(18-10)5-6-13/h3-4,7,11H,2,5-6H2,1H3,(H,14,15)/t11-/m1/s1. The summed E-state index contributed by atoms with van der Waals surface area (Å²) in [5.41, 5.74) is 0.380. The Morgan fingerprint density at radius 1 is 1.42 bits per heavy atom. The van der Waals surface area contributed by atoms with Crippen LogP contribution >= 0.6 is 11.6 Å². The van der Waals surface area contributed by atoms with Crippen LogP contribution < -0.4 is 10.1 Å². The second kappa shape index (κ2) is 5.38. The minimum atomic E-state index is -3.30. The van der Waals surface area contributed by atoms with Crippen LogP contribution in [0.1, 0.15) is 13.3 Å². The number of halogens is 1. The van der Waals surface area contributed by atoms with Gasteiger partial charge in [-0.05, 0) is 18.2 Å². The maximum Gasteiger partial charge on any atom is 0.265 e. The van der Waals surface area contributed by atoms with Crippen LogP contribution in [0, 0.1) is 0 Å². The zero-order valence-electron chi connectivity index (χ0n) is 10.3. The molecule has 2 rings (SSSR count). The Morgan fingerprint density at radius 3 is 2.79 bits per heavy atom. The fourth-order valence-electron chi connectivity index (χ4n) is 1.78. The molecule has 0 radical (unpaired) electrons. The van der Waals surface area contributed by atoms with E-state index in [1.807, 2.05) is 0 Å². The lowest BCUT2D eigenvalue weighted by Crippen LogP contribution is -2.37. The van der Waals surface area contributed by atoms with E-state index < -0.39 is 15.9 Å². The SMILES string of the molecule is CCS(=O)(=O)c1ccc2c(c1)NC(=O)[C@@H](CCCl)O2. The summed E-state index contributed by atoms with van der Waals surface area (Å²) in [6.45, 7) is 1.57. The molecule has 104 valence electrons. The first-order valence-electron chi connectivity index (χ1n) is 5.88. The van der Waals surface area contributed by atoms with Crippen molar-refractivity contribution in [3.63, 3.8) is 0 Å². The van der Waals surface area contributed by atoms with E-state index in [-0.39, 0.29) is 16.6 Å². The average Bonchev–Trinajstić information content (AvgIpc) is 2.39. The molecule has 1 aromatic carbocycles. The van der Waals surface area contributed by atoms with Crippen LogP contribution in [0.2, 0.25) is 0 Å². The van der Waals surface area contributed by atoms with Gasteiger partial charge in [0.15, 0.2) is 15.9 Å². The monoisotopic (exact) mass is 303 g/mol. The molecule has 1 aromatic rings. The van der Waals surface area contributed by atoms with Gasteiger partial charge >= 0.3 is 0 Å². The van der Waals surface area contributed by atoms with Gasteiger partial charge in [-0.1, -0.05) is 6.92 Å². The normalized spacial score (nSPS) is 18.4. The molecule has 1 aliphatic heterocycles. The van der Waals surface area contributed by atoms with Crippen molar-refractivity contribution in [2.75, 3.05) is 16.9 Å². The Kier molecular flexibility index (Phi) is 4.01. The van der Waals surface area contributed by atoms with Crippen LogP contribution in [0.5, 0.6) is 5.75 Å². The Morgan fingerprint density at radius 2 is 2.16 bits per heavy atom. The van der Waals surface area contributed by atoms with E-state index in [0.29, 0.717) is 23.7 Å². The van der Waals surface area contributed by atoms with E-state index >= 15 is 0 Å². The summed E-state index contributed by atoms with van der Waals surface area (Å²) in [6, 6.07) is 4.45. The molecule has 0 saturated heterocycles. The zero-order chi connectivity index (χ0) is 14.0. The number of amides is 1. The number of nitrogens with one attached hydrogen (secondary N) is 1. The van der Waals surface area contributed by atoms with Crippen molar-refractivity contribution in [3.05, 3.63) is 18.2 Å². The molecular weight excluding hydrogens is 290 g/mol. The molecule has 5 nitrogen and oxygen atoms in total. The molecule has 0 aliphatic carbocycles. The lowest BCUT2D eigenvalue weighted by atomic mass is 10.2. The highest BCUT2D eigenvalue weighted by Gasteiger charge is 2.28. The van der Waals surface area contributed by atoms with Gasteiger partial charge in [0.25, 0.3) is 5.91 Å². The molecule has 0 spiro atoms. The minimum absolute atomic E-state index is 0.00939. The van der Waals surface area contributed by atoms with E-state index in [9.17, 15) is 13.2 Å². The molecule has 1 N–H and O–H groups in total. The summed E-state index contributed by atoms with van der Waals surface area (Å²) in [4.78, 5) is 11.9. The van der Waals surface area contributed by atoms with Gasteiger partial charge in [0, 0.05) is 12.3 Å². The Balaban J connectivity index is 2.34. The van der Waals surface area contributed by atoms with Crippen LogP contribution in [-0.2, 0) is 14.6 Å². The quantitative estimate of drug-likeness (QED) is 0.861. The highest BCUT2D eigenvalue weighted by atomic mass is 35.5. The predicted molar refractivity (Wildman–Crippen MR) is 72.6 cm³/mol. The Bertz CT molecular complexity index is 600. The smallest absolute Gasteiger partial charge is 0.265 e. The van der Waals surface area contributed by atoms with Gasteiger partial charge in [0.1, 0.15) is 5.75 Å². The molecule has 19 heavy (non-hydrogen) atoms. The number of hydrogen-bond donors (Lipinski definition) is 1. The van der Waals surface area contributed by atoms with Gasteiger partial charge in [-0.2, -0.15) is 0 Å². The molecule has 0 fully saturated rings. The van der Waals surface area contributed by atoms with Gasteiger partial charge in [-0.15, -0.1) is 11.6 Å². The van der Waals surface area contributed by atoms with Crippen LogP contribution in [0.3, 0.4) is 0 Å². The molecular formula is C12H14ClNO4S. The summed E-state index contributed by atoms with van der Waals surface area (Å²) < 4.78 is 29.0. The third kappa shape index (κ3) is 2.84. The topological polar surface area (TPSA) is 72.5 Å². The fraction of sp³-hybridized carbons (Fsp3) is 0.417. The van der Waals surface area contributed by atoms with E-state index in [1.165, 1.54) is 12.1 Å². The first-order valence-corrected chi connectivity index (χ1v) is 8.07. The van der Waals surface area contributed by atoms with E-state index in [4.69, 9.17) is 16.3 Å². The summed E-state index contributed by atoms with van der Waals surface area (Å²) in [5.74, 6) is 0.481. The van der Waals surface area contributed by atoms with E-state index in [2.05, 4.69) is 5.32 Å². The van der Waals surface area contributed by atoms with Gasteiger partial charge < -0.3 is 10.1 Å². The molecule has 1 amide bonds. The number of ether oxygens (including phenoxy) is 1. The summed E-state index contributed by atoms with van der Waals surface area (Å²) >= 11 is 5.59. The van der Waals surface area contributed by atoms with Crippen molar-refractivity contribution < 1.29 is 17.9 Å². The summed E-state index contributed by atoms with van der Waals surface area (Å²) in [6.07, 6.45) is -0.222. The van der Waals surface area contributed by atoms with E-state index in [0.717, 1.165) is 0 Å². The third-order valence-electron chi connectivity index (χ3n) is 2.88. The number of alkyl halides is 1. The second-order valence-electron chi connectivity index (χ2n) is 4.13. The lowest BCUT2D eigenvalue weighted by molar-refractivity contribution is -0.123. The molecule has 1 aliphatic rings. The highest BCUT2D eigenvalue weighted by molar-refractivity contribution is 7.91. The molecule has 0 saturated carbocycles. The van der Waals surface area contributed by atoms with Gasteiger partial charge in [0.05, 0.1) is 16.3 Å². The second-order valence-corrected chi connectivity index (χ2v) is 6.79. The first-order chi connectivity index (χ1) is 8.97. The number of anilines is 1. The summed E-state index contributed by atoms with van der Waals surface area (Å²) in [7, 11) is -3.30. The number of fused-ring (bicyclic) bond motifs is 1. The highest BCUT2D eigenvalue weighted by Crippen LogP contribution is 2.32. The van der Waals surface area contributed by atoms with Crippen LogP contribution in [0.25, 0.3) is 0 Å². The number of carbonyl (C=O) groups is 1. The maximum atomic E-state index is 11.8. The molecule has 0 aromatic heterocycles. The third-order valence-corrected chi connectivity index (χ3v) is 4.83. The Labute approximate surface area is 116 Å². The maximum absolute atomic E-state index is 11.8. The average molecular weight is 304 g/mol. The number of carbonyl (C=O) groups excluding carboxylic acids is 1. The number of benzene rings is 1. The van der Waals surface area contributed by atoms with Gasteiger partial charge in [-0.3, -0.25) is 4.79 Å². The Hall–Kier alpha value is -1.27. The summed E-state index contributed by atoms with van der Waals surface area (Å²) in [5, 5.41) is 2.64. The lowest BCUT2D eigenvalue weighted by Gasteiger charge is -2.25. The van der Waals surface area contributed by atoms with Crippen molar-refractivity contribution in [3.8, 4) is 5.75 Å². The van der Waals surface area contributed by atoms with Crippen LogP contribution in [0.15, 0.2) is 23.1 Å². The predicted octanol–water partition coefficient (Wildman–Crippen LogP) is 1.81. The molecule has 7 heteroatoms. The fourth-order valence-corrected chi connectivity index (χ4v) is 2.88.